The van der Waals surface area contributed by atoms with E-state index < -0.39 is 22.8 Å². The van der Waals surface area contributed by atoms with Gasteiger partial charge in [-0.05, 0) is 30.9 Å². The molecule has 1 rings (SSSR count). The standard InChI is InChI=1S/C14H18N2O5/c1-8(2)6-11(14(18)19)15-13(17)10-7-9(3)4-5-12(10)16(20)21/h4-5,7-8,11H,6H2,1-3H3,(H,15,17)(H,18,19)/t11-/m1/s1. The molecule has 0 unspecified atom stereocenters. The number of nitro groups is 1. The number of carbonyl (C=O) groups is 2. The summed E-state index contributed by atoms with van der Waals surface area (Å²) in [5.74, 6) is -1.84. The lowest BCUT2D eigenvalue weighted by Crippen LogP contribution is -2.41. The predicted octanol–water partition coefficient (Wildman–Crippen LogP) is 2.13. The Hall–Kier alpha value is -2.44. The number of benzene rings is 1. The maximum atomic E-state index is 12.1. The van der Waals surface area contributed by atoms with Crippen molar-refractivity contribution in [2.45, 2.75) is 33.2 Å². The van der Waals surface area contributed by atoms with E-state index in [0.717, 1.165) is 0 Å². The zero-order valence-corrected chi connectivity index (χ0v) is 12.1. The molecule has 0 aliphatic carbocycles. The van der Waals surface area contributed by atoms with Crippen molar-refractivity contribution < 1.29 is 19.6 Å². The summed E-state index contributed by atoms with van der Waals surface area (Å²) in [5, 5.41) is 22.4. The first kappa shape index (κ1) is 16.6. The molecule has 7 nitrogen and oxygen atoms in total. The Bertz CT molecular complexity index is 568. The molecule has 0 aliphatic rings. The van der Waals surface area contributed by atoms with Gasteiger partial charge in [-0.15, -0.1) is 0 Å². The lowest BCUT2D eigenvalue weighted by Gasteiger charge is -2.16. The van der Waals surface area contributed by atoms with Gasteiger partial charge in [-0.2, -0.15) is 0 Å². The number of nitro benzene ring substituents is 1. The maximum Gasteiger partial charge on any atom is 0.326 e. The van der Waals surface area contributed by atoms with Crippen LogP contribution in [0.4, 0.5) is 5.69 Å². The van der Waals surface area contributed by atoms with Gasteiger partial charge in [-0.3, -0.25) is 14.9 Å². The van der Waals surface area contributed by atoms with E-state index in [1.54, 1.807) is 6.92 Å². The van der Waals surface area contributed by atoms with E-state index in [9.17, 15) is 19.7 Å². The topological polar surface area (TPSA) is 110 Å². The largest absolute Gasteiger partial charge is 0.480 e. The first-order chi connectivity index (χ1) is 9.72. The molecule has 0 heterocycles. The minimum absolute atomic E-state index is 0.0684. The zero-order valence-electron chi connectivity index (χ0n) is 12.1. The SMILES string of the molecule is Cc1ccc([N+](=O)[O-])c(C(=O)N[C@H](CC(C)C)C(=O)O)c1. The van der Waals surface area contributed by atoms with Gasteiger partial charge < -0.3 is 10.4 Å². The Morgan fingerprint density at radius 1 is 1.38 bits per heavy atom. The third-order valence-corrected chi connectivity index (χ3v) is 2.90. The van der Waals surface area contributed by atoms with Crippen molar-refractivity contribution in [3.8, 4) is 0 Å². The lowest BCUT2D eigenvalue weighted by molar-refractivity contribution is -0.385. The molecule has 0 saturated heterocycles. The van der Waals surface area contributed by atoms with E-state index in [4.69, 9.17) is 5.11 Å². The van der Waals surface area contributed by atoms with Crippen LogP contribution in [-0.2, 0) is 4.79 Å². The lowest BCUT2D eigenvalue weighted by atomic mass is 10.0. The van der Waals surface area contributed by atoms with Crippen molar-refractivity contribution in [3.63, 3.8) is 0 Å². The second-order valence-corrected chi connectivity index (χ2v) is 5.27. The van der Waals surface area contributed by atoms with Crippen LogP contribution in [-0.4, -0.2) is 27.9 Å². The van der Waals surface area contributed by atoms with E-state index in [2.05, 4.69) is 5.32 Å². The van der Waals surface area contributed by atoms with Crippen LogP contribution >= 0.6 is 0 Å². The highest BCUT2D eigenvalue weighted by molar-refractivity contribution is 6.00. The molecule has 1 atom stereocenters. The Morgan fingerprint density at radius 3 is 2.48 bits per heavy atom. The zero-order chi connectivity index (χ0) is 16.2. The molecular formula is C14H18N2O5. The number of aliphatic carboxylic acids is 1. The van der Waals surface area contributed by atoms with Crippen molar-refractivity contribution in [2.24, 2.45) is 5.92 Å². The number of hydrogen-bond donors (Lipinski definition) is 2. The summed E-state index contributed by atoms with van der Waals surface area (Å²) in [4.78, 5) is 33.6. The molecule has 0 spiro atoms. The minimum atomic E-state index is -1.16. The average molecular weight is 294 g/mol. The van der Waals surface area contributed by atoms with Crippen LogP contribution in [0.15, 0.2) is 18.2 Å². The number of amides is 1. The summed E-state index contributed by atoms with van der Waals surface area (Å²) in [6.45, 7) is 5.36. The minimum Gasteiger partial charge on any atom is -0.480 e. The third-order valence-electron chi connectivity index (χ3n) is 2.90. The van der Waals surface area contributed by atoms with Gasteiger partial charge >= 0.3 is 5.97 Å². The van der Waals surface area contributed by atoms with Crippen LogP contribution in [0.25, 0.3) is 0 Å². The first-order valence-electron chi connectivity index (χ1n) is 6.51. The van der Waals surface area contributed by atoms with Gasteiger partial charge in [0, 0.05) is 6.07 Å². The molecule has 1 amide bonds. The molecule has 0 fully saturated rings. The highest BCUT2D eigenvalue weighted by atomic mass is 16.6. The van der Waals surface area contributed by atoms with Crippen LogP contribution in [0.3, 0.4) is 0 Å². The van der Waals surface area contributed by atoms with Gasteiger partial charge in [0.25, 0.3) is 11.6 Å². The van der Waals surface area contributed by atoms with Crippen LogP contribution in [0.2, 0.25) is 0 Å². The monoisotopic (exact) mass is 294 g/mol. The summed E-state index contributed by atoms with van der Waals surface area (Å²) in [6.07, 6.45) is 0.251. The summed E-state index contributed by atoms with van der Waals surface area (Å²) < 4.78 is 0. The fraction of sp³-hybridized carbons (Fsp3) is 0.429. The highest BCUT2D eigenvalue weighted by Gasteiger charge is 2.26. The Labute approximate surface area is 122 Å². The van der Waals surface area contributed by atoms with E-state index in [-0.39, 0.29) is 23.6 Å². The van der Waals surface area contributed by atoms with E-state index in [1.807, 2.05) is 13.8 Å². The van der Waals surface area contributed by atoms with Crippen LogP contribution in [0.1, 0.15) is 36.2 Å². The number of hydrogen-bond acceptors (Lipinski definition) is 4. The Balaban J connectivity index is 3.05. The van der Waals surface area contributed by atoms with E-state index in [0.29, 0.717) is 5.56 Å². The number of carbonyl (C=O) groups excluding carboxylic acids is 1. The summed E-state index contributed by atoms with van der Waals surface area (Å²) in [5.41, 5.74) is 0.211. The summed E-state index contributed by atoms with van der Waals surface area (Å²) >= 11 is 0. The van der Waals surface area contributed by atoms with Crippen LogP contribution in [0.5, 0.6) is 0 Å². The van der Waals surface area contributed by atoms with Gasteiger partial charge in [-0.1, -0.05) is 19.9 Å². The van der Waals surface area contributed by atoms with Gasteiger partial charge in [0.15, 0.2) is 0 Å². The smallest absolute Gasteiger partial charge is 0.326 e. The molecule has 7 heteroatoms. The molecule has 1 aromatic rings. The van der Waals surface area contributed by atoms with Gasteiger partial charge in [-0.25, -0.2) is 4.79 Å². The maximum absolute atomic E-state index is 12.1. The molecule has 21 heavy (non-hydrogen) atoms. The van der Waals surface area contributed by atoms with E-state index in [1.165, 1.54) is 18.2 Å². The molecule has 0 aromatic heterocycles. The second-order valence-electron chi connectivity index (χ2n) is 5.27. The molecular weight excluding hydrogens is 276 g/mol. The highest BCUT2D eigenvalue weighted by Crippen LogP contribution is 2.20. The van der Waals surface area contributed by atoms with Gasteiger partial charge in [0.05, 0.1) is 4.92 Å². The molecule has 0 bridgehead atoms. The molecule has 2 N–H and O–H groups in total. The van der Waals surface area contributed by atoms with Crippen molar-refractivity contribution in [2.75, 3.05) is 0 Å². The summed E-state index contributed by atoms with van der Waals surface area (Å²) in [6, 6.07) is 3.07. The predicted molar refractivity (Wildman–Crippen MR) is 76.2 cm³/mol. The number of carboxylic acids is 1. The van der Waals surface area contributed by atoms with Gasteiger partial charge in [0.2, 0.25) is 0 Å². The quantitative estimate of drug-likeness (QED) is 0.617. The first-order valence-corrected chi connectivity index (χ1v) is 6.51. The Morgan fingerprint density at radius 2 is 2.00 bits per heavy atom. The van der Waals surface area contributed by atoms with Gasteiger partial charge in [0.1, 0.15) is 11.6 Å². The fourth-order valence-electron chi connectivity index (χ4n) is 1.92. The van der Waals surface area contributed by atoms with E-state index >= 15 is 0 Å². The van der Waals surface area contributed by atoms with Crippen LogP contribution < -0.4 is 5.32 Å². The number of rotatable bonds is 6. The average Bonchev–Trinajstić information content (AvgIpc) is 2.36. The molecule has 1 aromatic carbocycles. The summed E-state index contributed by atoms with van der Waals surface area (Å²) in [7, 11) is 0. The number of nitrogens with zero attached hydrogens (tertiary/aromatic N) is 1. The van der Waals surface area contributed by atoms with Crippen molar-refractivity contribution in [3.05, 3.63) is 39.4 Å². The number of aryl methyl sites for hydroxylation is 1. The molecule has 0 saturated carbocycles. The normalized spacial score (nSPS) is 12.0. The molecule has 0 aliphatic heterocycles. The molecule has 114 valence electrons. The number of nitrogens with one attached hydrogen (secondary N) is 1. The Kier molecular flexibility index (Phi) is 5.40. The molecule has 0 radical (unpaired) electrons. The van der Waals surface area contributed by atoms with Crippen molar-refractivity contribution >= 4 is 17.6 Å². The third kappa shape index (κ3) is 4.55. The fourth-order valence-corrected chi connectivity index (χ4v) is 1.92. The van der Waals surface area contributed by atoms with Crippen molar-refractivity contribution in [1.82, 2.24) is 5.32 Å². The van der Waals surface area contributed by atoms with Crippen molar-refractivity contribution in [1.29, 1.82) is 0 Å². The van der Waals surface area contributed by atoms with Crippen LogP contribution in [0, 0.1) is 23.0 Å². The number of carboxylic acid groups (broad SMARTS) is 1. The second kappa shape index (κ2) is 6.83.